The van der Waals surface area contributed by atoms with Crippen LogP contribution in [0.15, 0.2) is 42.5 Å². The monoisotopic (exact) mass is 376 g/mol. The molecule has 0 aliphatic carbocycles. The highest BCUT2D eigenvalue weighted by Gasteiger charge is 2.17. The van der Waals surface area contributed by atoms with Gasteiger partial charge in [0.2, 0.25) is 11.8 Å². The molecule has 0 aromatic heterocycles. The van der Waals surface area contributed by atoms with Gasteiger partial charge in [-0.25, -0.2) is 8.78 Å². The summed E-state index contributed by atoms with van der Waals surface area (Å²) in [6, 6.07) is 10.5. The zero-order valence-electron chi connectivity index (χ0n) is 15.3. The Morgan fingerprint density at radius 2 is 1.89 bits per heavy atom. The van der Waals surface area contributed by atoms with E-state index < -0.39 is 17.5 Å². The quantitative estimate of drug-likeness (QED) is 0.770. The molecule has 0 spiro atoms. The van der Waals surface area contributed by atoms with Gasteiger partial charge < -0.3 is 15.0 Å². The van der Waals surface area contributed by atoms with Crippen molar-refractivity contribution in [2.24, 2.45) is 0 Å². The van der Waals surface area contributed by atoms with Gasteiger partial charge in [0.15, 0.2) is 0 Å². The van der Waals surface area contributed by atoms with Gasteiger partial charge in [0.1, 0.15) is 17.4 Å². The molecule has 0 aliphatic heterocycles. The lowest BCUT2D eigenvalue weighted by Gasteiger charge is -2.21. The highest BCUT2D eigenvalue weighted by atomic mass is 19.1. The lowest BCUT2D eigenvalue weighted by Crippen LogP contribution is -2.35. The second-order valence-electron chi connectivity index (χ2n) is 5.93. The van der Waals surface area contributed by atoms with Gasteiger partial charge in [0, 0.05) is 32.5 Å². The minimum atomic E-state index is -0.846. The largest absolute Gasteiger partial charge is 0.496 e. The second kappa shape index (κ2) is 9.66. The summed E-state index contributed by atoms with van der Waals surface area (Å²) in [6.45, 7) is 1.67. The maximum atomic E-state index is 13.9. The van der Waals surface area contributed by atoms with Gasteiger partial charge in [-0.05, 0) is 30.2 Å². The number of methoxy groups -OCH3 is 1. The number of carbonyl (C=O) groups is 2. The van der Waals surface area contributed by atoms with Crippen molar-refractivity contribution in [2.75, 3.05) is 25.1 Å². The average molecular weight is 376 g/mol. The number of carbonyl (C=O) groups excluding carboxylic acids is 2. The third-order valence-electron chi connectivity index (χ3n) is 4.05. The zero-order chi connectivity index (χ0) is 19.8. The molecule has 2 aromatic carbocycles. The van der Waals surface area contributed by atoms with Crippen LogP contribution in [-0.2, 0) is 16.0 Å². The zero-order valence-corrected chi connectivity index (χ0v) is 15.3. The van der Waals surface area contributed by atoms with E-state index in [1.807, 2.05) is 24.3 Å². The molecular weight excluding hydrogens is 354 g/mol. The van der Waals surface area contributed by atoms with E-state index in [9.17, 15) is 18.4 Å². The van der Waals surface area contributed by atoms with Gasteiger partial charge >= 0.3 is 0 Å². The van der Waals surface area contributed by atoms with Crippen molar-refractivity contribution in [3.8, 4) is 5.75 Å². The van der Waals surface area contributed by atoms with Crippen molar-refractivity contribution >= 4 is 17.5 Å². The molecule has 0 atom stereocenters. The molecule has 2 aromatic rings. The fourth-order valence-electron chi connectivity index (χ4n) is 2.70. The van der Waals surface area contributed by atoms with E-state index in [4.69, 9.17) is 4.74 Å². The first kappa shape index (κ1) is 20.4. The van der Waals surface area contributed by atoms with Crippen LogP contribution in [0.4, 0.5) is 14.5 Å². The summed E-state index contributed by atoms with van der Waals surface area (Å²) in [4.78, 5) is 25.0. The Morgan fingerprint density at radius 3 is 2.56 bits per heavy atom. The van der Waals surface area contributed by atoms with Crippen LogP contribution in [0, 0.1) is 11.6 Å². The maximum Gasteiger partial charge on any atom is 0.223 e. The summed E-state index contributed by atoms with van der Waals surface area (Å²) in [6.07, 6.45) is 0.598. The Bertz CT molecular complexity index is 812. The number of para-hydroxylation sites is 1. The van der Waals surface area contributed by atoms with Crippen LogP contribution in [0.1, 0.15) is 18.9 Å². The fraction of sp³-hybridized carbons (Fsp3) is 0.300. The van der Waals surface area contributed by atoms with Crippen LogP contribution < -0.4 is 15.0 Å². The van der Waals surface area contributed by atoms with E-state index in [0.717, 1.165) is 22.3 Å². The standard InChI is InChI=1S/C20H22F2N2O3/c1-14(25)24(18-8-7-16(21)13-17(18)22)12-10-20(26)23-11-9-15-5-3-4-6-19(15)27-2/h3-8,13H,9-12H2,1-2H3,(H,23,26). The molecular formula is C20H22F2N2O3. The minimum absolute atomic E-state index is 0.00161. The maximum absolute atomic E-state index is 13.9. The van der Waals surface area contributed by atoms with Crippen molar-refractivity contribution in [3.05, 3.63) is 59.7 Å². The molecule has 27 heavy (non-hydrogen) atoms. The third-order valence-corrected chi connectivity index (χ3v) is 4.05. The van der Waals surface area contributed by atoms with Crippen LogP contribution in [0.5, 0.6) is 5.75 Å². The molecule has 0 saturated carbocycles. The van der Waals surface area contributed by atoms with Gasteiger partial charge in [-0.3, -0.25) is 9.59 Å². The predicted octanol–water partition coefficient (Wildman–Crippen LogP) is 3.08. The summed E-state index contributed by atoms with van der Waals surface area (Å²) >= 11 is 0. The first-order chi connectivity index (χ1) is 12.9. The van der Waals surface area contributed by atoms with E-state index in [2.05, 4.69) is 5.32 Å². The molecule has 7 heteroatoms. The lowest BCUT2D eigenvalue weighted by molar-refractivity contribution is -0.121. The fourth-order valence-corrected chi connectivity index (χ4v) is 2.70. The number of anilines is 1. The number of rotatable bonds is 8. The molecule has 0 saturated heterocycles. The second-order valence-corrected chi connectivity index (χ2v) is 5.93. The van der Waals surface area contributed by atoms with E-state index in [1.54, 1.807) is 7.11 Å². The minimum Gasteiger partial charge on any atom is -0.496 e. The third kappa shape index (κ3) is 5.77. The summed E-state index contributed by atoms with van der Waals surface area (Å²) in [7, 11) is 1.59. The first-order valence-corrected chi connectivity index (χ1v) is 8.54. The van der Waals surface area contributed by atoms with Crippen molar-refractivity contribution in [3.63, 3.8) is 0 Å². The summed E-state index contributed by atoms with van der Waals surface area (Å²) < 4.78 is 32.2. The summed E-state index contributed by atoms with van der Waals surface area (Å²) in [5, 5.41) is 2.77. The van der Waals surface area contributed by atoms with Crippen LogP contribution in [0.2, 0.25) is 0 Å². The number of hydrogen-bond acceptors (Lipinski definition) is 3. The van der Waals surface area contributed by atoms with E-state index in [1.165, 1.54) is 13.0 Å². The molecule has 0 radical (unpaired) electrons. The Labute approximate surface area is 156 Å². The van der Waals surface area contributed by atoms with Crippen molar-refractivity contribution < 1.29 is 23.1 Å². The van der Waals surface area contributed by atoms with E-state index >= 15 is 0 Å². The summed E-state index contributed by atoms with van der Waals surface area (Å²) in [5.74, 6) is -1.52. The van der Waals surface area contributed by atoms with Gasteiger partial charge in [0.25, 0.3) is 0 Å². The van der Waals surface area contributed by atoms with Crippen molar-refractivity contribution in [1.29, 1.82) is 0 Å². The normalized spacial score (nSPS) is 10.4. The molecule has 0 fully saturated rings. The molecule has 2 rings (SSSR count). The SMILES string of the molecule is COc1ccccc1CCNC(=O)CCN(C(C)=O)c1ccc(F)cc1F. The molecule has 0 aliphatic rings. The summed E-state index contributed by atoms with van der Waals surface area (Å²) in [5.41, 5.74) is 0.921. The Kier molecular flexibility index (Phi) is 7.28. The first-order valence-electron chi connectivity index (χ1n) is 8.54. The van der Waals surface area contributed by atoms with Crippen LogP contribution >= 0.6 is 0 Å². The van der Waals surface area contributed by atoms with Gasteiger partial charge in [-0.2, -0.15) is 0 Å². The number of hydrogen-bond donors (Lipinski definition) is 1. The number of amides is 2. The van der Waals surface area contributed by atoms with E-state index in [-0.39, 0.29) is 24.6 Å². The average Bonchev–Trinajstić information content (AvgIpc) is 2.63. The molecule has 1 N–H and O–H groups in total. The number of halogens is 2. The van der Waals surface area contributed by atoms with Crippen molar-refractivity contribution in [1.82, 2.24) is 5.32 Å². The number of benzene rings is 2. The topological polar surface area (TPSA) is 58.6 Å². The number of ether oxygens (including phenoxy) is 1. The van der Waals surface area contributed by atoms with Crippen LogP contribution in [0.25, 0.3) is 0 Å². The van der Waals surface area contributed by atoms with Crippen LogP contribution in [0.3, 0.4) is 0 Å². The Balaban J connectivity index is 1.88. The number of nitrogens with one attached hydrogen (secondary N) is 1. The Morgan fingerprint density at radius 1 is 1.15 bits per heavy atom. The molecule has 0 unspecified atom stereocenters. The van der Waals surface area contributed by atoms with E-state index in [0.29, 0.717) is 19.0 Å². The number of nitrogens with zero attached hydrogens (tertiary/aromatic N) is 1. The van der Waals surface area contributed by atoms with Gasteiger partial charge in [0.05, 0.1) is 12.8 Å². The predicted molar refractivity (Wildman–Crippen MR) is 98.7 cm³/mol. The highest BCUT2D eigenvalue weighted by molar-refractivity contribution is 5.92. The molecule has 144 valence electrons. The van der Waals surface area contributed by atoms with Gasteiger partial charge in [-0.1, -0.05) is 18.2 Å². The molecule has 0 bridgehead atoms. The Hall–Kier alpha value is -2.96. The van der Waals surface area contributed by atoms with Gasteiger partial charge in [-0.15, -0.1) is 0 Å². The smallest absolute Gasteiger partial charge is 0.223 e. The highest BCUT2D eigenvalue weighted by Crippen LogP contribution is 2.21. The molecule has 5 nitrogen and oxygen atoms in total. The molecule has 2 amide bonds. The molecule has 0 heterocycles. The van der Waals surface area contributed by atoms with Crippen molar-refractivity contribution in [2.45, 2.75) is 19.8 Å². The lowest BCUT2D eigenvalue weighted by atomic mass is 10.1. The van der Waals surface area contributed by atoms with Crippen LogP contribution in [-0.4, -0.2) is 32.0 Å².